The van der Waals surface area contributed by atoms with E-state index < -0.39 is 0 Å². The van der Waals surface area contributed by atoms with Crippen LogP contribution in [0.15, 0.2) is 33.3 Å². The standard InChI is InChI=1S/C9H6BrFN2O/c10-7-2-1-5(11)3-6(7)8-4-9(12)14-13-8/h1-4H,12H2. The highest BCUT2D eigenvalue weighted by Gasteiger charge is 2.08. The quantitative estimate of drug-likeness (QED) is 0.854. The van der Waals surface area contributed by atoms with Crippen LogP contribution in [0.2, 0.25) is 0 Å². The van der Waals surface area contributed by atoms with Crippen LogP contribution >= 0.6 is 15.9 Å². The molecule has 0 saturated heterocycles. The molecule has 0 bridgehead atoms. The summed E-state index contributed by atoms with van der Waals surface area (Å²) in [6, 6.07) is 5.87. The molecule has 0 aliphatic carbocycles. The minimum Gasteiger partial charge on any atom is -0.368 e. The molecular weight excluding hydrogens is 251 g/mol. The van der Waals surface area contributed by atoms with Crippen LogP contribution in [0.4, 0.5) is 10.3 Å². The van der Waals surface area contributed by atoms with Gasteiger partial charge in [0.1, 0.15) is 11.5 Å². The maximum absolute atomic E-state index is 12.9. The summed E-state index contributed by atoms with van der Waals surface area (Å²) in [7, 11) is 0. The van der Waals surface area contributed by atoms with Crippen LogP contribution in [0.3, 0.4) is 0 Å². The zero-order valence-electron chi connectivity index (χ0n) is 7.00. The number of hydrogen-bond acceptors (Lipinski definition) is 3. The summed E-state index contributed by atoms with van der Waals surface area (Å²) < 4.78 is 18.4. The summed E-state index contributed by atoms with van der Waals surface area (Å²) in [5.41, 5.74) is 6.49. The molecule has 0 aliphatic rings. The summed E-state index contributed by atoms with van der Waals surface area (Å²) in [4.78, 5) is 0. The molecule has 5 heteroatoms. The molecule has 0 aliphatic heterocycles. The summed E-state index contributed by atoms with van der Waals surface area (Å²) in [6.45, 7) is 0. The molecule has 1 heterocycles. The van der Waals surface area contributed by atoms with E-state index in [4.69, 9.17) is 10.3 Å². The number of aromatic nitrogens is 1. The first-order valence-corrected chi connectivity index (χ1v) is 4.64. The second-order valence-electron chi connectivity index (χ2n) is 2.74. The van der Waals surface area contributed by atoms with Crippen LogP contribution in [-0.4, -0.2) is 5.16 Å². The van der Waals surface area contributed by atoms with Gasteiger partial charge in [-0.05, 0) is 18.2 Å². The van der Waals surface area contributed by atoms with Gasteiger partial charge in [0.05, 0.1) is 0 Å². The molecule has 1 aromatic carbocycles. The Morgan fingerprint density at radius 1 is 1.36 bits per heavy atom. The van der Waals surface area contributed by atoms with Crippen molar-refractivity contribution >= 4 is 21.8 Å². The van der Waals surface area contributed by atoms with Crippen LogP contribution < -0.4 is 5.73 Å². The van der Waals surface area contributed by atoms with Crippen molar-refractivity contribution in [2.24, 2.45) is 0 Å². The topological polar surface area (TPSA) is 52.0 Å². The normalized spacial score (nSPS) is 10.4. The summed E-state index contributed by atoms with van der Waals surface area (Å²) in [6.07, 6.45) is 0. The molecule has 0 saturated carbocycles. The van der Waals surface area contributed by atoms with Crippen molar-refractivity contribution < 1.29 is 8.91 Å². The monoisotopic (exact) mass is 256 g/mol. The fraction of sp³-hybridized carbons (Fsp3) is 0. The molecule has 3 nitrogen and oxygen atoms in total. The highest BCUT2D eigenvalue weighted by molar-refractivity contribution is 9.10. The molecule has 0 amide bonds. The van der Waals surface area contributed by atoms with Gasteiger partial charge >= 0.3 is 0 Å². The number of nitrogens with two attached hydrogens (primary N) is 1. The number of hydrogen-bond donors (Lipinski definition) is 1. The molecule has 2 rings (SSSR count). The van der Waals surface area contributed by atoms with E-state index in [-0.39, 0.29) is 11.7 Å². The number of nitrogens with zero attached hydrogens (tertiary/aromatic N) is 1. The third-order valence-corrected chi connectivity index (χ3v) is 2.42. The molecule has 14 heavy (non-hydrogen) atoms. The van der Waals surface area contributed by atoms with E-state index in [0.29, 0.717) is 11.3 Å². The second-order valence-corrected chi connectivity index (χ2v) is 3.59. The summed E-state index contributed by atoms with van der Waals surface area (Å²) in [5, 5.41) is 3.69. The highest BCUT2D eigenvalue weighted by Crippen LogP contribution is 2.28. The van der Waals surface area contributed by atoms with Crippen LogP contribution in [-0.2, 0) is 0 Å². The lowest BCUT2D eigenvalue weighted by Crippen LogP contribution is -1.82. The van der Waals surface area contributed by atoms with Crippen molar-refractivity contribution in [1.29, 1.82) is 0 Å². The van der Waals surface area contributed by atoms with Crippen molar-refractivity contribution in [3.8, 4) is 11.3 Å². The van der Waals surface area contributed by atoms with Crippen LogP contribution in [0.25, 0.3) is 11.3 Å². The third-order valence-electron chi connectivity index (χ3n) is 1.73. The lowest BCUT2D eigenvalue weighted by atomic mass is 10.1. The van der Waals surface area contributed by atoms with E-state index in [1.54, 1.807) is 12.1 Å². The highest BCUT2D eigenvalue weighted by atomic mass is 79.9. The van der Waals surface area contributed by atoms with Gasteiger partial charge in [0.25, 0.3) is 0 Å². The van der Waals surface area contributed by atoms with Crippen LogP contribution in [0.1, 0.15) is 0 Å². The molecule has 2 N–H and O–H groups in total. The Morgan fingerprint density at radius 2 is 2.14 bits per heavy atom. The number of benzene rings is 1. The molecular formula is C9H6BrFN2O. The van der Waals surface area contributed by atoms with E-state index in [1.807, 2.05) is 0 Å². The Hall–Kier alpha value is -1.36. The third kappa shape index (κ3) is 1.63. The second kappa shape index (κ2) is 3.42. The number of halogens is 2. The SMILES string of the molecule is Nc1cc(-c2cc(F)ccc2Br)no1. The van der Waals surface area contributed by atoms with Crippen LogP contribution in [0.5, 0.6) is 0 Å². The Kier molecular flexibility index (Phi) is 2.25. The fourth-order valence-electron chi connectivity index (χ4n) is 1.11. The van der Waals surface area contributed by atoms with Crippen LogP contribution in [0, 0.1) is 5.82 Å². The van der Waals surface area contributed by atoms with Gasteiger partial charge in [0.15, 0.2) is 0 Å². The molecule has 0 spiro atoms. The molecule has 0 radical (unpaired) electrons. The molecule has 72 valence electrons. The first-order valence-electron chi connectivity index (χ1n) is 3.84. The molecule has 0 unspecified atom stereocenters. The summed E-state index contributed by atoms with van der Waals surface area (Å²) >= 11 is 3.29. The maximum Gasteiger partial charge on any atom is 0.222 e. The predicted molar refractivity (Wildman–Crippen MR) is 54.0 cm³/mol. The van der Waals surface area contributed by atoms with Gasteiger partial charge in [0.2, 0.25) is 5.88 Å². The minimum absolute atomic E-state index is 0.205. The van der Waals surface area contributed by atoms with E-state index in [9.17, 15) is 4.39 Å². The average Bonchev–Trinajstić information content (AvgIpc) is 2.56. The van der Waals surface area contributed by atoms with Crippen molar-refractivity contribution in [1.82, 2.24) is 5.16 Å². The van der Waals surface area contributed by atoms with Gasteiger partial charge in [-0.1, -0.05) is 21.1 Å². The predicted octanol–water partition coefficient (Wildman–Crippen LogP) is 2.83. The van der Waals surface area contributed by atoms with Crippen molar-refractivity contribution in [2.75, 3.05) is 5.73 Å². The fourth-order valence-corrected chi connectivity index (χ4v) is 1.56. The van der Waals surface area contributed by atoms with E-state index >= 15 is 0 Å². The van der Waals surface area contributed by atoms with Gasteiger partial charge in [-0.25, -0.2) is 4.39 Å². The van der Waals surface area contributed by atoms with Gasteiger partial charge in [0, 0.05) is 16.1 Å². The zero-order chi connectivity index (χ0) is 10.1. The van der Waals surface area contributed by atoms with Crippen molar-refractivity contribution in [3.63, 3.8) is 0 Å². The van der Waals surface area contributed by atoms with Crippen molar-refractivity contribution in [2.45, 2.75) is 0 Å². The first kappa shape index (κ1) is 9.21. The first-order chi connectivity index (χ1) is 6.66. The van der Waals surface area contributed by atoms with Gasteiger partial charge in [-0.15, -0.1) is 0 Å². The molecule has 0 atom stereocenters. The largest absolute Gasteiger partial charge is 0.368 e. The Labute approximate surface area is 87.8 Å². The van der Waals surface area contributed by atoms with Gasteiger partial charge < -0.3 is 10.3 Å². The molecule has 2 aromatic rings. The smallest absolute Gasteiger partial charge is 0.222 e. The lowest BCUT2D eigenvalue weighted by molar-refractivity contribution is 0.439. The Balaban J connectivity index is 2.55. The summed E-state index contributed by atoms with van der Waals surface area (Å²) in [5.74, 6) is -0.124. The zero-order valence-corrected chi connectivity index (χ0v) is 8.58. The molecule has 1 aromatic heterocycles. The Morgan fingerprint density at radius 3 is 2.79 bits per heavy atom. The van der Waals surface area contributed by atoms with E-state index in [0.717, 1.165) is 4.47 Å². The minimum atomic E-state index is -0.329. The maximum atomic E-state index is 12.9. The lowest BCUT2D eigenvalue weighted by Gasteiger charge is -1.98. The van der Waals surface area contributed by atoms with Gasteiger partial charge in [-0.3, -0.25) is 0 Å². The number of anilines is 1. The van der Waals surface area contributed by atoms with Gasteiger partial charge in [-0.2, -0.15) is 0 Å². The Bertz CT molecular complexity index is 470. The number of rotatable bonds is 1. The van der Waals surface area contributed by atoms with Crippen molar-refractivity contribution in [3.05, 3.63) is 34.6 Å². The van der Waals surface area contributed by atoms with E-state index in [2.05, 4.69) is 21.1 Å². The average molecular weight is 257 g/mol. The van der Waals surface area contributed by atoms with E-state index in [1.165, 1.54) is 12.1 Å². The number of nitrogen functional groups attached to an aromatic ring is 1. The molecule has 0 fully saturated rings.